The summed E-state index contributed by atoms with van der Waals surface area (Å²) in [4.78, 5) is 0. The molecule has 0 bridgehead atoms. The Labute approximate surface area is 213 Å². The maximum Gasteiger partial charge on any atom is 0.0547 e. The summed E-state index contributed by atoms with van der Waals surface area (Å²) in [7, 11) is 0. The van der Waals surface area contributed by atoms with Crippen LogP contribution in [0.1, 0.15) is 0 Å². The van der Waals surface area contributed by atoms with Crippen LogP contribution in [0.2, 0.25) is 0 Å². The second-order valence-corrected chi connectivity index (χ2v) is 10.1. The van der Waals surface area contributed by atoms with Gasteiger partial charge < -0.3 is 4.57 Å². The predicted molar refractivity (Wildman–Crippen MR) is 158 cm³/mol. The fraction of sp³-hybridized carbons (Fsp3) is 0. The van der Waals surface area contributed by atoms with E-state index in [4.69, 9.17) is 0 Å². The van der Waals surface area contributed by atoms with Gasteiger partial charge in [-0.2, -0.15) is 0 Å². The van der Waals surface area contributed by atoms with E-state index in [1.165, 1.54) is 82.1 Å². The SMILES string of the molecule is c1ccc2c(c1)-c1cccc3c(-n4c5ccccc5c5c6ccc7ccccc7c6ccc54)ccc-2c13. The second kappa shape index (κ2) is 6.87. The zero-order valence-corrected chi connectivity index (χ0v) is 20.1. The average molecular weight is 468 g/mol. The predicted octanol–water partition coefficient (Wildman–Crippen LogP) is 9.89. The molecule has 37 heavy (non-hydrogen) atoms. The Kier molecular flexibility index (Phi) is 3.59. The monoisotopic (exact) mass is 467 g/mol. The van der Waals surface area contributed by atoms with E-state index in [0.717, 1.165) is 0 Å². The van der Waals surface area contributed by atoms with Gasteiger partial charge >= 0.3 is 0 Å². The molecule has 1 aliphatic rings. The summed E-state index contributed by atoms with van der Waals surface area (Å²) in [6.07, 6.45) is 0. The molecule has 0 fully saturated rings. The summed E-state index contributed by atoms with van der Waals surface area (Å²) >= 11 is 0. The Hall–Kier alpha value is -4.88. The summed E-state index contributed by atoms with van der Waals surface area (Å²) in [5.74, 6) is 0. The molecular formula is C36H21N. The molecule has 1 aromatic heterocycles. The summed E-state index contributed by atoms with van der Waals surface area (Å²) in [6, 6.07) is 47.0. The molecule has 0 saturated carbocycles. The Morgan fingerprint density at radius 1 is 0.324 bits per heavy atom. The van der Waals surface area contributed by atoms with Gasteiger partial charge in [0.1, 0.15) is 0 Å². The molecule has 0 saturated heterocycles. The van der Waals surface area contributed by atoms with Crippen molar-refractivity contribution in [1.29, 1.82) is 0 Å². The lowest BCUT2D eigenvalue weighted by atomic mass is 9.98. The van der Waals surface area contributed by atoms with Crippen LogP contribution in [0.4, 0.5) is 0 Å². The van der Waals surface area contributed by atoms with Crippen molar-refractivity contribution in [3.63, 3.8) is 0 Å². The lowest BCUT2D eigenvalue weighted by Gasteiger charge is -2.13. The van der Waals surface area contributed by atoms with Crippen molar-refractivity contribution in [3.05, 3.63) is 127 Å². The van der Waals surface area contributed by atoms with Crippen molar-refractivity contribution in [1.82, 2.24) is 4.57 Å². The fourth-order valence-corrected chi connectivity index (χ4v) is 6.80. The van der Waals surface area contributed by atoms with E-state index >= 15 is 0 Å². The minimum absolute atomic E-state index is 1.24. The normalized spacial score (nSPS) is 12.3. The maximum absolute atomic E-state index is 2.48. The third-order valence-electron chi connectivity index (χ3n) is 8.33. The first-order chi connectivity index (χ1) is 18.4. The quantitative estimate of drug-likeness (QED) is 0.212. The third kappa shape index (κ3) is 2.39. The average Bonchev–Trinajstić information content (AvgIpc) is 3.48. The molecule has 170 valence electrons. The second-order valence-electron chi connectivity index (χ2n) is 10.1. The minimum atomic E-state index is 1.24. The summed E-state index contributed by atoms with van der Waals surface area (Å²) in [5.41, 5.74) is 9.07. The molecule has 9 rings (SSSR count). The smallest absolute Gasteiger partial charge is 0.0547 e. The van der Waals surface area contributed by atoms with E-state index < -0.39 is 0 Å². The van der Waals surface area contributed by atoms with Crippen LogP contribution in [0, 0.1) is 0 Å². The summed E-state index contributed by atoms with van der Waals surface area (Å²) < 4.78 is 2.48. The lowest BCUT2D eigenvalue weighted by Crippen LogP contribution is -1.95. The molecule has 0 radical (unpaired) electrons. The number of rotatable bonds is 1. The van der Waals surface area contributed by atoms with Gasteiger partial charge in [0, 0.05) is 16.2 Å². The Morgan fingerprint density at radius 2 is 1.00 bits per heavy atom. The van der Waals surface area contributed by atoms with Crippen LogP contribution in [0.15, 0.2) is 127 Å². The van der Waals surface area contributed by atoms with Crippen molar-refractivity contribution in [2.45, 2.75) is 0 Å². The Morgan fingerprint density at radius 3 is 1.89 bits per heavy atom. The molecule has 0 unspecified atom stereocenters. The van der Waals surface area contributed by atoms with Gasteiger partial charge in [0.05, 0.1) is 16.7 Å². The van der Waals surface area contributed by atoms with E-state index in [1.54, 1.807) is 0 Å². The number of hydrogen-bond acceptors (Lipinski definition) is 0. The van der Waals surface area contributed by atoms with Gasteiger partial charge in [0.2, 0.25) is 0 Å². The maximum atomic E-state index is 2.48. The minimum Gasteiger partial charge on any atom is -0.309 e. The van der Waals surface area contributed by atoms with Gasteiger partial charge in [0.25, 0.3) is 0 Å². The molecule has 1 aliphatic carbocycles. The molecule has 7 aromatic carbocycles. The molecule has 0 atom stereocenters. The summed E-state index contributed by atoms with van der Waals surface area (Å²) in [5, 5.41) is 10.5. The van der Waals surface area contributed by atoms with Crippen molar-refractivity contribution < 1.29 is 0 Å². The molecule has 0 spiro atoms. The first-order valence-corrected chi connectivity index (χ1v) is 12.9. The molecular weight excluding hydrogens is 446 g/mol. The molecule has 1 heterocycles. The highest BCUT2D eigenvalue weighted by atomic mass is 15.0. The van der Waals surface area contributed by atoms with Crippen LogP contribution in [0.5, 0.6) is 0 Å². The number of benzene rings is 7. The molecule has 0 aliphatic heterocycles. The Balaban J connectivity index is 1.45. The van der Waals surface area contributed by atoms with Crippen LogP contribution < -0.4 is 0 Å². The standard InChI is InChI=1S/C36H21N/c1-2-9-23-22(8-1)16-17-29-26(23)18-21-34-36(29)31-12-5-6-15-32(31)37(34)33-20-19-28-25-11-4-3-10-24(25)27-13-7-14-30(33)35(27)28/h1-21H. The summed E-state index contributed by atoms with van der Waals surface area (Å²) in [6.45, 7) is 0. The number of hydrogen-bond donors (Lipinski definition) is 0. The van der Waals surface area contributed by atoms with Crippen LogP contribution in [-0.4, -0.2) is 4.57 Å². The van der Waals surface area contributed by atoms with E-state index in [0.29, 0.717) is 0 Å². The highest BCUT2D eigenvalue weighted by Gasteiger charge is 2.23. The highest BCUT2D eigenvalue weighted by Crippen LogP contribution is 2.49. The lowest BCUT2D eigenvalue weighted by molar-refractivity contribution is 1.20. The van der Waals surface area contributed by atoms with Crippen LogP contribution in [0.3, 0.4) is 0 Å². The number of nitrogens with zero attached hydrogens (tertiary/aromatic N) is 1. The van der Waals surface area contributed by atoms with Crippen molar-refractivity contribution in [2.75, 3.05) is 0 Å². The molecule has 1 nitrogen and oxygen atoms in total. The van der Waals surface area contributed by atoms with Gasteiger partial charge in [-0.1, -0.05) is 109 Å². The van der Waals surface area contributed by atoms with Gasteiger partial charge in [0.15, 0.2) is 0 Å². The van der Waals surface area contributed by atoms with E-state index in [1.807, 2.05) is 0 Å². The largest absolute Gasteiger partial charge is 0.309 e. The zero-order chi connectivity index (χ0) is 24.1. The third-order valence-corrected chi connectivity index (χ3v) is 8.33. The molecule has 8 aromatic rings. The van der Waals surface area contributed by atoms with Crippen LogP contribution >= 0.6 is 0 Å². The van der Waals surface area contributed by atoms with Gasteiger partial charge in [-0.3, -0.25) is 0 Å². The van der Waals surface area contributed by atoms with Crippen LogP contribution in [-0.2, 0) is 0 Å². The van der Waals surface area contributed by atoms with Gasteiger partial charge in [-0.05, 0) is 67.4 Å². The van der Waals surface area contributed by atoms with Gasteiger partial charge in [-0.25, -0.2) is 0 Å². The first kappa shape index (κ1) is 19.3. The highest BCUT2D eigenvalue weighted by molar-refractivity contribution is 6.26. The van der Waals surface area contributed by atoms with Crippen molar-refractivity contribution in [3.8, 4) is 27.9 Å². The molecule has 1 heteroatoms. The van der Waals surface area contributed by atoms with Gasteiger partial charge in [-0.15, -0.1) is 0 Å². The zero-order valence-electron chi connectivity index (χ0n) is 20.1. The van der Waals surface area contributed by atoms with Crippen molar-refractivity contribution in [2.24, 2.45) is 0 Å². The van der Waals surface area contributed by atoms with Crippen molar-refractivity contribution >= 4 is 54.1 Å². The number of fused-ring (bicyclic) bond motifs is 10. The molecule has 0 N–H and O–H groups in total. The van der Waals surface area contributed by atoms with E-state index in [2.05, 4.69) is 132 Å². The molecule has 0 amide bonds. The van der Waals surface area contributed by atoms with E-state index in [-0.39, 0.29) is 0 Å². The number of aromatic nitrogens is 1. The topological polar surface area (TPSA) is 4.93 Å². The first-order valence-electron chi connectivity index (χ1n) is 12.9. The Bertz CT molecular complexity index is 2220. The number of para-hydroxylation sites is 1. The fourth-order valence-electron chi connectivity index (χ4n) is 6.80. The van der Waals surface area contributed by atoms with E-state index in [9.17, 15) is 0 Å². The van der Waals surface area contributed by atoms with Crippen LogP contribution in [0.25, 0.3) is 82.1 Å².